The highest BCUT2D eigenvalue weighted by Crippen LogP contribution is 2.31. The summed E-state index contributed by atoms with van der Waals surface area (Å²) in [5.74, 6) is 0.273. The maximum absolute atomic E-state index is 12.3. The fraction of sp³-hybridized carbons (Fsp3) is 0.333. The van der Waals surface area contributed by atoms with Crippen LogP contribution in [0.5, 0.6) is 0 Å². The second kappa shape index (κ2) is 5.58. The highest BCUT2D eigenvalue weighted by Gasteiger charge is 2.20. The molecule has 2 aromatic carbocycles. The first-order chi connectivity index (χ1) is 9.52. The van der Waals surface area contributed by atoms with Crippen molar-refractivity contribution < 1.29 is 9.59 Å². The molecule has 0 atom stereocenters. The van der Waals surface area contributed by atoms with Crippen molar-refractivity contribution in [2.24, 2.45) is 0 Å². The molecule has 0 heterocycles. The fourth-order valence-electron chi connectivity index (χ4n) is 2.77. The van der Waals surface area contributed by atoms with Gasteiger partial charge in [-0.3, -0.25) is 9.59 Å². The van der Waals surface area contributed by atoms with Crippen LogP contribution in [0, 0.1) is 13.8 Å². The molecule has 0 aliphatic rings. The molecule has 0 bridgehead atoms. The normalized spacial score (nSPS) is 10.8. The third kappa shape index (κ3) is 2.15. The second-order valence-corrected chi connectivity index (χ2v) is 5.10. The molecular weight excluding hydrogens is 248 g/mol. The van der Waals surface area contributed by atoms with Gasteiger partial charge in [0.15, 0.2) is 11.6 Å². The Bertz CT molecular complexity index is 636. The van der Waals surface area contributed by atoms with E-state index < -0.39 is 0 Å². The summed E-state index contributed by atoms with van der Waals surface area (Å²) in [5, 5.41) is 1.80. The van der Waals surface area contributed by atoms with Gasteiger partial charge in [0, 0.05) is 24.0 Å². The number of Topliss-reactive ketones (excluding diaryl/α,β-unsaturated/α-hetero) is 2. The van der Waals surface area contributed by atoms with Gasteiger partial charge in [0.05, 0.1) is 0 Å². The van der Waals surface area contributed by atoms with Crippen LogP contribution in [0.1, 0.15) is 58.5 Å². The van der Waals surface area contributed by atoms with E-state index in [0.29, 0.717) is 12.8 Å². The standard InChI is InChI=1S/C18H20O2/c1-5-15(19)17-11(3)12(4)18(16(20)6-2)14-10-8-7-9-13(14)17/h7-10H,5-6H2,1-4H3. The Hall–Kier alpha value is -1.96. The summed E-state index contributed by atoms with van der Waals surface area (Å²) in [5.41, 5.74) is 3.42. The van der Waals surface area contributed by atoms with Crippen LogP contribution in [-0.4, -0.2) is 11.6 Å². The van der Waals surface area contributed by atoms with E-state index >= 15 is 0 Å². The van der Waals surface area contributed by atoms with Crippen molar-refractivity contribution in [1.29, 1.82) is 0 Å². The molecule has 0 saturated heterocycles. The van der Waals surface area contributed by atoms with E-state index in [9.17, 15) is 9.59 Å². The lowest BCUT2D eigenvalue weighted by Gasteiger charge is -2.16. The van der Waals surface area contributed by atoms with Gasteiger partial charge in [-0.25, -0.2) is 0 Å². The lowest BCUT2D eigenvalue weighted by atomic mass is 9.86. The van der Waals surface area contributed by atoms with E-state index in [4.69, 9.17) is 0 Å². The summed E-state index contributed by atoms with van der Waals surface area (Å²) in [4.78, 5) is 24.5. The summed E-state index contributed by atoms with van der Waals surface area (Å²) < 4.78 is 0. The minimum absolute atomic E-state index is 0.136. The molecule has 0 N–H and O–H groups in total. The first-order valence-electron chi connectivity index (χ1n) is 7.11. The first kappa shape index (κ1) is 14.4. The first-order valence-corrected chi connectivity index (χ1v) is 7.11. The highest BCUT2D eigenvalue weighted by atomic mass is 16.1. The van der Waals surface area contributed by atoms with Crippen LogP contribution in [-0.2, 0) is 0 Å². The predicted molar refractivity (Wildman–Crippen MR) is 82.7 cm³/mol. The molecule has 104 valence electrons. The smallest absolute Gasteiger partial charge is 0.163 e. The van der Waals surface area contributed by atoms with Crippen LogP contribution < -0.4 is 0 Å². The Balaban J connectivity index is 2.96. The van der Waals surface area contributed by atoms with E-state index in [1.807, 2.05) is 52.0 Å². The Morgan fingerprint density at radius 2 is 1.15 bits per heavy atom. The number of rotatable bonds is 4. The summed E-state index contributed by atoms with van der Waals surface area (Å²) >= 11 is 0. The number of hydrogen-bond acceptors (Lipinski definition) is 2. The minimum Gasteiger partial charge on any atom is -0.294 e. The summed E-state index contributed by atoms with van der Waals surface area (Å²) in [6.07, 6.45) is 0.955. The largest absolute Gasteiger partial charge is 0.294 e. The van der Waals surface area contributed by atoms with Crippen LogP contribution in [0.3, 0.4) is 0 Å². The topological polar surface area (TPSA) is 34.1 Å². The van der Waals surface area contributed by atoms with Crippen LogP contribution in [0.25, 0.3) is 10.8 Å². The van der Waals surface area contributed by atoms with E-state index in [2.05, 4.69) is 0 Å². The van der Waals surface area contributed by atoms with E-state index in [0.717, 1.165) is 33.0 Å². The van der Waals surface area contributed by atoms with Gasteiger partial charge in [0.1, 0.15) is 0 Å². The number of ketones is 2. The third-order valence-corrected chi connectivity index (χ3v) is 3.98. The van der Waals surface area contributed by atoms with Crippen molar-refractivity contribution in [3.05, 3.63) is 46.5 Å². The average molecular weight is 268 g/mol. The van der Waals surface area contributed by atoms with Crippen molar-refractivity contribution in [2.45, 2.75) is 40.5 Å². The van der Waals surface area contributed by atoms with Gasteiger partial charge in [0.25, 0.3) is 0 Å². The molecule has 0 fully saturated rings. The van der Waals surface area contributed by atoms with Gasteiger partial charge in [-0.15, -0.1) is 0 Å². The Morgan fingerprint density at radius 1 is 0.800 bits per heavy atom. The van der Waals surface area contributed by atoms with Crippen LogP contribution in [0.15, 0.2) is 24.3 Å². The molecule has 0 spiro atoms. The van der Waals surface area contributed by atoms with Crippen LogP contribution in [0.4, 0.5) is 0 Å². The number of carbonyl (C=O) groups is 2. The molecule has 2 heteroatoms. The number of carbonyl (C=O) groups excluding carboxylic acids is 2. The lowest BCUT2D eigenvalue weighted by molar-refractivity contribution is 0.0978. The molecule has 2 aromatic rings. The van der Waals surface area contributed by atoms with Gasteiger partial charge in [-0.1, -0.05) is 38.1 Å². The zero-order valence-corrected chi connectivity index (χ0v) is 12.5. The van der Waals surface area contributed by atoms with Crippen molar-refractivity contribution in [2.75, 3.05) is 0 Å². The Morgan fingerprint density at radius 3 is 1.45 bits per heavy atom. The molecule has 0 aliphatic heterocycles. The molecule has 2 nitrogen and oxygen atoms in total. The zero-order valence-electron chi connectivity index (χ0n) is 12.5. The zero-order chi connectivity index (χ0) is 14.9. The van der Waals surface area contributed by atoms with Gasteiger partial charge in [-0.2, -0.15) is 0 Å². The van der Waals surface area contributed by atoms with Crippen LogP contribution in [0.2, 0.25) is 0 Å². The molecule has 0 aromatic heterocycles. The molecule has 0 saturated carbocycles. The van der Waals surface area contributed by atoms with Crippen LogP contribution >= 0.6 is 0 Å². The number of hydrogen-bond donors (Lipinski definition) is 0. The molecular formula is C18H20O2. The average Bonchev–Trinajstić information content (AvgIpc) is 2.47. The Labute approximate surface area is 119 Å². The molecule has 2 rings (SSSR count). The van der Waals surface area contributed by atoms with Gasteiger partial charge in [-0.05, 0) is 35.7 Å². The summed E-state index contributed by atoms with van der Waals surface area (Å²) in [6, 6.07) is 7.72. The summed E-state index contributed by atoms with van der Waals surface area (Å²) in [7, 11) is 0. The molecule has 0 radical (unpaired) electrons. The maximum Gasteiger partial charge on any atom is 0.163 e. The number of fused-ring (bicyclic) bond motifs is 1. The molecule has 0 amide bonds. The molecule has 0 aliphatic carbocycles. The van der Waals surface area contributed by atoms with E-state index in [-0.39, 0.29) is 11.6 Å². The monoisotopic (exact) mass is 268 g/mol. The maximum atomic E-state index is 12.3. The predicted octanol–water partition coefficient (Wildman–Crippen LogP) is 4.64. The third-order valence-electron chi connectivity index (χ3n) is 3.98. The fourth-order valence-corrected chi connectivity index (χ4v) is 2.77. The van der Waals surface area contributed by atoms with E-state index in [1.165, 1.54) is 0 Å². The van der Waals surface area contributed by atoms with Gasteiger partial charge >= 0.3 is 0 Å². The SMILES string of the molecule is CCC(=O)c1c(C)c(C)c(C(=O)CC)c2ccccc12. The number of benzene rings is 2. The Kier molecular flexibility index (Phi) is 4.03. The molecule has 0 unspecified atom stereocenters. The van der Waals surface area contributed by atoms with Crippen molar-refractivity contribution >= 4 is 22.3 Å². The van der Waals surface area contributed by atoms with Gasteiger partial charge < -0.3 is 0 Å². The van der Waals surface area contributed by atoms with Crippen molar-refractivity contribution in [1.82, 2.24) is 0 Å². The second-order valence-electron chi connectivity index (χ2n) is 5.10. The van der Waals surface area contributed by atoms with Gasteiger partial charge in [0.2, 0.25) is 0 Å². The van der Waals surface area contributed by atoms with Crippen molar-refractivity contribution in [3.63, 3.8) is 0 Å². The van der Waals surface area contributed by atoms with E-state index in [1.54, 1.807) is 0 Å². The highest BCUT2D eigenvalue weighted by molar-refractivity contribution is 6.17. The minimum atomic E-state index is 0.136. The molecule has 20 heavy (non-hydrogen) atoms. The summed E-state index contributed by atoms with van der Waals surface area (Å²) in [6.45, 7) is 7.63. The lowest BCUT2D eigenvalue weighted by Crippen LogP contribution is -2.09. The quantitative estimate of drug-likeness (QED) is 0.757. The van der Waals surface area contributed by atoms with Crippen molar-refractivity contribution in [3.8, 4) is 0 Å².